The van der Waals surface area contributed by atoms with Crippen LogP contribution in [0.2, 0.25) is 0 Å². The summed E-state index contributed by atoms with van der Waals surface area (Å²) in [5.41, 5.74) is 0.448. The first-order chi connectivity index (χ1) is 14.3. The van der Waals surface area contributed by atoms with Gasteiger partial charge in [0.15, 0.2) is 0 Å². The van der Waals surface area contributed by atoms with Crippen LogP contribution < -0.4 is 9.46 Å². The third-order valence-electron chi connectivity index (χ3n) is 4.72. The van der Waals surface area contributed by atoms with Crippen LogP contribution in [0.4, 0.5) is 5.69 Å². The van der Waals surface area contributed by atoms with Crippen molar-refractivity contribution in [1.29, 1.82) is 5.26 Å². The van der Waals surface area contributed by atoms with Crippen LogP contribution in [0.1, 0.15) is 31.7 Å². The molecule has 0 aromatic heterocycles. The zero-order valence-electron chi connectivity index (χ0n) is 16.5. The van der Waals surface area contributed by atoms with Crippen LogP contribution in [0.3, 0.4) is 0 Å². The maximum absolute atomic E-state index is 13.2. The highest BCUT2D eigenvalue weighted by atomic mass is 32.2. The Balaban J connectivity index is 1.96. The van der Waals surface area contributed by atoms with Gasteiger partial charge >= 0.3 is 0 Å². The Morgan fingerprint density at radius 1 is 1.03 bits per heavy atom. The molecule has 1 fully saturated rings. The third-order valence-corrected chi connectivity index (χ3v) is 8.04. The van der Waals surface area contributed by atoms with Crippen molar-refractivity contribution >= 4 is 25.7 Å². The van der Waals surface area contributed by atoms with Crippen LogP contribution in [0.5, 0.6) is 5.75 Å². The van der Waals surface area contributed by atoms with Gasteiger partial charge in [-0.15, -0.1) is 0 Å². The zero-order valence-corrected chi connectivity index (χ0v) is 18.2. The summed E-state index contributed by atoms with van der Waals surface area (Å²) in [7, 11) is -7.79. The van der Waals surface area contributed by atoms with Crippen molar-refractivity contribution in [2.24, 2.45) is 0 Å². The molecule has 0 saturated carbocycles. The van der Waals surface area contributed by atoms with Gasteiger partial charge in [0.2, 0.25) is 10.0 Å². The number of nitriles is 1. The molecule has 3 rings (SSSR count). The fourth-order valence-corrected chi connectivity index (χ4v) is 5.94. The average molecular weight is 450 g/mol. The fraction of sp³-hybridized carbons (Fsp3) is 0.350. The predicted molar refractivity (Wildman–Crippen MR) is 112 cm³/mol. The van der Waals surface area contributed by atoms with Gasteiger partial charge in [0.25, 0.3) is 10.0 Å². The Morgan fingerprint density at radius 3 is 2.30 bits per heavy atom. The Kier molecular flexibility index (Phi) is 6.65. The predicted octanol–water partition coefficient (Wildman–Crippen LogP) is 2.93. The van der Waals surface area contributed by atoms with Crippen molar-refractivity contribution < 1.29 is 21.6 Å². The highest BCUT2D eigenvalue weighted by molar-refractivity contribution is 7.92. The van der Waals surface area contributed by atoms with E-state index in [-0.39, 0.29) is 27.8 Å². The molecule has 30 heavy (non-hydrogen) atoms. The van der Waals surface area contributed by atoms with E-state index in [0.717, 1.165) is 19.3 Å². The minimum atomic E-state index is -3.96. The maximum atomic E-state index is 13.2. The molecule has 0 radical (unpaired) electrons. The zero-order chi connectivity index (χ0) is 21.8. The van der Waals surface area contributed by atoms with E-state index in [1.807, 2.05) is 6.07 Å². The van der Waals surface area contributed by atoms with Gasteiger partial charge in [0.05, 0.1) is 28.8 Å². The summed E-state index contributed by atoms with van der Waals surface area (Å²) in [6.45, 7) is 2.88. The van der Waals surface area contributed by atoms with Gasteiger partial charge in [-0.2, -0.15) is 9.57 Å². The van der Waals surface area contributed by atoms with Crippen molar-refractivity contribution in [1.82, 2.24) is 4.31 Å². The SMILES string of the molecule is CCOc1ccc(NS(=O)(=O)c2ccc(C#N)cc2)cc1S(=O)(=O)N1CCCCC1. The van der Waals surface area contributed by atoms with Crippen LogP contribution in [-0.4, -0.2) is 40.8 Å². The summed E-state index contributed by atoms with van der Waals surface area (Å²) in [5, 5.41) is 8.86. The number of nitrogens with one attached hydrogen (secondary N) is 1. The largest absolute Gasteiger partial charge is 0.492 e. The van der Waals surface area contributed by atoms with E-state index in [1.165, 1.54) is 46.8 Å². The lowest BCUT2D eigenvalue weighted by Gasteiger charge is -2.27. The second kappa shape index (κ2) is 9.04. The second-order valence-corrected chi connectivity index (χ2v) is 10.4. The molecule has 0 bridgehead atoms. The minimum Gasteiger partial charge on any atom is -0.492 e. The molecule has 1 saturated heterocycles. The highest BCUT2D eigenvalue weighted by Crippen LogP contribution is 2.32. The van der Waals surface area contributed by atoms with Gasteiger partial charge in [-0.05, 0) is 62.2 Å². The quantitative estimate of drug-likeness (QED) is 0.695. The van der Waals surface area contributed by atoms with Gasteiger partial charge in [-0.3, -0.25) is 4.72 Å². The standard InChI is InChI=1S/C20H23N3O5S2/c1-2-28-19-11-8-17(14-20(19)30(26,27)23-12-4-3-5-13-23)22-29(24,25)18-9-6-16(15-21)7-10-18/h6-11,14,22H,2-5,12-13H2,1H3. The molecule has 2 aromatic rings. The van der Waals surface area contributed by atoms with Crippen LogP contribution in [0, 0.1) is 11.3 Å². The molecule has 1 heterocycles. The molecule has 1 aliphatic rings. The van der Waals surface area contributed by atoms with E-state index < -0.39 is 20.0 Å². The Hall–Kier alpha value is -2.61. The van der Waals surface area contributed by atoms with Crippen LogP contribution in [0.25, 0.3) is 0 Å². The molecular formula is C20H23N3O5S2. The Labute approximate surface area is 177 Å². The van der Waals surface area contributed by atoms with E-state index in [2.05, 4.69) is 4.72 Å². The molecule has 2 aromatic carbocycles. The smallest absolute Gasteiger partial charge is 0.261 e. The van der Waals surface area contributed by atoms with Gasteiger partial charge < -0.3 is 4.74 Å². The third kappa shape index (κ3) is 4.75. The number of rotatable bonds is 7. The van der Waals surface area contributed by atoms with E-state index >= 15 is 0 Å². The first-order valence-electron chi connectivity index (χ1n) is 9.58. The van der Waals surface area contributed by atoms with Crippen molar-refractivity contribution in [2.75, 3.05) is 24.4 Å². The number of anilines is 1. The number of piperidine rings is 1. The lowest BCUT2D eigenvalue weighted by molar-refractivity contribution is 0.323. The van der Waals surface area contributed by atoms with Gasteiger partial charge in [-0.25, -0.2) is 16.8 Å². The van der Waals surface area contributed by atoms with E-state index in [4.69, 9.17) is 10.00 Å². The fourth-order valence-electron chi connectivity index (χ4n) is 3.21. The van der Waals surface area contributed by atoms with Gasteiger partial charge in [0, 0.05) is 13.1 Å². The van der Waals surface area contributed by atoms with Crippen LogP contribution in [-0.2, 0) is 20.0 Å². The Bertz CT molecular complexity index is 1150. The van der Waals surface area contributed by atoms with E-state index in [1.54, 1.807) is 6.92 Å². The molecule has 10 heteroatoms. The minimum absolute atomic E-state index is 0.0316. The lowest BCUT2D eigenvalue weighted by atomic mass is 10.2. The molecule has 160 valence electrons. The molecule has 0 aliphatic carbocycles. The van der Waals surface area contributed by atoms with Crippen molar-refractivity contribution in [3.8, 4) is 11.8 Å². The monoisotopic (exact) mass is 449 g/mol. The Morgan fingerprint density at radius 2 is 1.70 bits per heavy atom. The van der Waals surface area contributed by atoms with E-state index in [9.17, 15) is 16.8 Å². The number of nitrogens with zero attached hydrogens (tertiary/aromatic N) is 2. The average Bonchev–Trinajstić information content (AvgIpc) is 2.75. The number of hydrogen-bond acceptors (Lipinski definition) is 6. The van der Waals surface area contributed by atoms with Crippen molar-refractivity contribution in [3.05, 3.63) is 48.0 Å². The van der Waals surface area contributed by atoms with Gasteiger partial charge in [0.1, 0.15) is 10.6 Å². The summed E-state index contributed by atoms with van der Waals surface area (Å²) in [6, 6.07) is 11.6. The summed E-state index contributed by atoms with van der Waals surface area (Å²) in [4.78, 5) is -0.0953. The number of benzene rings is 2. The molecule has 1 aliphatic heterocycles. The molecule has 0 atom stereocenters. The number of hydrogen-bond donors (Lipinski definition) is 1. The molecule has 8 nitrogen and oxygen atoms in total. The molecule has 0 unspecified atom stereocenters. The second-order valence-electron chi connectivity index (χ2n) is 6.80. The normalized spacial score (nSPS) is 15.3. The topological polar surface area (TPSA) is 117 Å². The lowest BCUT2D eigenvalue weighted by Crippen LogP contribution is -2.35. The summed E-state index contributed by atoms with van der Waals surface area (Å²) in [6.07, 6.45) is 2.55. The molecular weight excluding hydrogens is 426 g/mol. The number of sulfonamides is 2. The van der Waals surface area contributed by atoms with E-state index in [0.29, 0.717) is 18.7 Å². The number of ether oxygens (including phenoxy) is 1. The summed E-state index contributed by atoms with van der Waals surface area (Å²) < 4.78 is 61.1. The van der Waals surface area contributed by atoms with Crippen molar-refractivity contribution in [3.63, 3.8) is 0 Å². The maximum Gasteiger partial charge on any atom is 0.261 e. The summed E-state index contributed by atoms with van der Waals surface area (Å²) >= 11 is 0. The van der Waals surface area contributed by atoms with Crippen LogP contribution >= 0.6 is 0 Å². The molecule has 0 amide bonds. The summed E-state index contributed by atoms with van der Waals surface area (Å²) in [5.74, 6) is 0.185. The first-order valence-corrected chi connectivity index (χ1v) is 12.5. The first kappa shape index (κ1) is 22.1. The van der Waals surface area contributed by atoms with Crippen molar-refractivity contribution in [2.45, 2.75) is 36.0 Å². The molecule has 0 spiro atoms. The molecule has 1 N–H and O–H groups in total. The van der Waals surface area contributed by atoms with Crippen LogP contribution in [0.15, 0.2) is 52.3 Å². The van der Waals surface area contributed by atoms with Gasteiger partial charge in [-0.1, -0.05) is 6.42 Å². The highest BCUT2D eigenvalue weighted by Gasteiger charge is 2.29.